The quantitative estimate of drug-likeness (QED) is 0.273. The second-order valence-electron chi connectivity index (χ2n) is 8.13. The fraction of sp³-hybridized carbons (Fsp3) is 0.583. The molecule has 25 heavy (non-hydrogen) atoms. The molecule has 0 radical (unpaired) electrons. The topological polar surface area (TPSA) is 0 Å². The van der Waals surface area contributed by atoms with Gasteiger partial charge in [0.15, 0.2) is 0 Å². The molecule has 2 aliphatic rings. The van der Waals surface area contributed by atoms with E-state index in [0.717, 1.165) is 6.42 Å². The minimum atomic E-state index is 0.621. The van der Waals surface area contributed by atoms with Crippen LogP contribution in [-0.2, 0) is 0 Å². The van der Waals surface area contributed by atoms with Crippen molar-refractivity contribution >= 4 is 9.24 Å². The predicted octanol–water partition coefficient (Wildman–Crippen LogP) is 7.91. The molecule has 0 amide bonds. The Morgan fingerprint density at radius 3 is 2.56 bits per heavy atom. The van der Waals surface area contributed by atoms with E-state index in [1.54, 1.807) is 11.1 Å². The third kappa shape index (κ3) is 5.07. The molecule has 0 aliphatic heterocycles. The van der Waals surface area contributed by atoms with Gasteiger partial charge in [-0.25, -0.2) is 0 Å². The van der Waals surface area contributed by atoms with Gasteiger partial charge in [-0.3, -0.25) is 0 Å². The van der Waals surface area contributed by atoms with Gasteiger partial charge in [0, 0.05) is 0 Å². The number of allylic oxidation sites excluding steroid dienone is 9. The second-order valence-corrected chi connectivity index (χ2v) is 8.99. The van der Waals surface area contributed by atoms with E-state index in [2.05, 4.69) is 62.6 Å². The molecule has 0 aromatic rings. The molecule has 0 aromatic carbocycles. The lowest BCUT2D eigenvalue weighted by Crippen LogP contribution is -2.15. The third-order valence-corrected chi connectivity index (χ3v) is 6.21. The maximum absolute atomic E-state index is 4.39. The van der Waals surface area contributed by atoms with Crippen LogP contribution in [0.3, 0.4) is 0 Å². The molecule has 0 saturated heterocycles. The van der Waals surface area contributed by atoms with Crippen LogP contribution in [0.5, 0.6) is 0 Å². The summed E-state index contributed by atoms with van der Waals surface area (Å²) in [4.78, 5) is 0. The number of fused-ring (bicyclic) bond motifs is 3. The lowest BCUT2D eigenvalue weighted by Gasteiger charge is -2.31. The maximum atomic E-state index is 4.39. The Labute approximate surface area is 158 Å². The molecular weight excluding hydrogens is 319 g/mol. The molecule has 2 bridgehead atoms. The van der Waals surface area contributed by atoms with Crippen molar-refractivity contribution in [3.8, 4) is 0 Å². The van der Waals surface area contributed by atoms with E-state index in [0.29, 0.717) is 11.8 Å². The van der Waals surface area contributed by atoms with Crippen molar-refractivity contribution in [3.05, 3.63) is 57.5 Å². The summed E-state index contributed by atoms with van der Waals surface area (Å²) in [6.07, 6.45) is 13.9. The number of hydrogen-bond donors (Lipinski definition) is 0. The summed E-state index contributed by atoms with van der Waals surface area (Å²) in [5.41, 5.74) is 8.88. The van der Waals surface area contributed by atoms with Crippen LogP contribution in [0.4, 0.5) is 0 Å². The van der Waals surface area contributed by atoms with Gasteiger partial charge < -0.3 is 0 Å². The fourth-order valence-corrected chi connectivity index (χ4v) is 5.17. The van der Waals surface area contributed by atoms with Gasteiger partial charge in [-0.15, -0.1) is 9.24 Å². The van der Waals surface area contributed by atoms with Crippen molar-refractivity contribution in [1.82, 2.24) is 0 Å². The van der Waals surface area contributed by atoms with Crippen LogP contribution in [-0.4, -0.2) is 0 Å². The van der Waals surface area contributed by atoms with Crippen molar-refractivity contribution in [2.75, 3.05) is 0 Å². The average Bonchev–Trinajstić information content (AvgIpc) is 2.49. The van der Waals surface area contributed by atoms with Gasteiger partial charge in [0.1, 0.15) is 0 Å². The SMILES string of the molecule is C=C(C)C(/C1=C/C(C)C/C2=C/CCCC1CC2)=C(C)\C(CC)=C(/C)P. The summed E-state index contributed by atoms with van der Waals surface area (Å²) in [6, 6.07) is 0. The Hall–Kier alpha value is -0.870. The number of rotatable bonds is 4. The van der Waals surface area contributed by atoms with E-state index in [9.17, 15) is 0 Å². The summed E-state index contributed by atoms with van der Waals surface area (Å²) >= 11 is 0. The van der Waals surface area contributed by atoms with Crippen LogP contribution >= 0.6 is 9.24 Å². The molecule has 2 aliphatic carbocycles. The Morgan fingerprint density at radius 1 is 1.24 bits per heavy atom. The van der Waals surface area contributed by atoms with Crippen molar-refractivity contribution in [2.24, 2.45) is 11.8 Å². The second kappa shape index (κ2) is 9.18. The molecule has 3 unspecified atom stereocenters. The molecule has 3 atom stereocenters. The van der Waals surface area contributed by atoms with Gasteiger partial charge in [0.25, 0.3) is 0 Å². The van der Waals surface area contributed by atoms with E-state index in [1.807, 2.05) is 0 Å². The first-order valence-corrected chi connectivity index (χ1v) is 10.6. The zero-order valence-electron chi connectivity index (χ0n) is 17.0. The van der Waals surface area contributed by atoms with Crippen LogP contribution in [0.2, 0.25) is 0 Å². The Balaban J connectivity index is 2.61. The van der Waals surface area contributed by atoms with Gasteiger partial charge in [-0.2, -0.15) is 0 Å². The molecule has 0 aromatic heterocycles. The van der Waals surface area contributed by atoms with Crippen LogP contribution in [0.25, 0.3) is 0 Å². The zero-order valence-corrected chi connectivity index (χ0v) is 18.2. The predicted molar refractivity (Wildman–Crippen MR) is 117 cm³/mol. The lowest BCUT2D eigenvalue weighted by molar-refractivity contribution is 0.467. The van der Waals surface area contributed by atoms with Gasteiger partial charge in [-0.1, -0.05) is 49.0 Å². The van der Waals surface area contributed by atoms with Crippen LogP contribution in [0.15, 0.2) is 57.5 Å². The van der Waals surface area contributed by atoms with Gasteiger partial charge in [0.2, 0.25) is 0 Å². The highest BCUT2D eigenvalue weighted by molar-refractivity contribution is 7.22. The van der Waals surface area contributed by atoms with Crippen molar-refractivity contribution in [1.29, 1.82) is 0 Å². The minimum Gasteiger partial charge on any atom is -0.110 e. The van der Waals surface area contributed by atoms with Crippen molar-refractivity contribution < 1.29 is 0 Å². The molecule has 138 valence electrons. The molecule has 2 rings (SSSR count). The summed E-state index contributed by atoms with van der Waals surface area (Å²) < 4.78 is 0. The van der Waals surface area contributed by atoms with Crippen molar-refractivity contribution in [3.63, 3.8) is 0 Å². The molecular formula is C24H37P. The molecule has 0 heterocycles. The highest BCUT2D eigenvalue weighted by atomic mass is 31.0. The standard InChI is InChI=1S/C24H37P/c1-7-22(19(6)25)18(5)24(16(2)3)23-15-17(4)14-20-10-8-9-11-21(23)13-12-20/h10,15,17,21H,2,7-9,11-14,25H2,1,3-6H3/b20-10+,22-19+,23-15+,24-18+. The Kier molecular flexibility index (Phi) is 7.51. The first kappa shape index (κ1) is 20.4. The maximum Gasteiger partial charge on any atom is -0.0156 e. The lowest BCUT2D eigenvalue weighted by atomic mass is 9.74. The number of hydrogen-bond acceptors (Lipinski definition) is 0. The summed E-state index contributed by atoms with van der Waals surface area (Å²) in [5.74, 6) is 1.31. The van der Waals surface area contributed by atoms with E-state index in [-0.39, 0.29) is 0 Å². The van der Waals surface area contributed by atoms with Gasteiger partial charge in [-0.05, 0) is 99.8 Å². The normalized spacial score (nSPS) is 30.5. The zero-order chi connectivity index (χ0) is 18.6. The fourth-order valence-electron chi connectivity index (χ4n) is 4.75. The van der Waals surface area contributed by atoms with E-state index < -0.39 is 0 Å². The Morgan fingerprint density at radius 2 is 1.96 bits per heavy atom. The first-order chi connectivity index (χ1) is 11.8. The first-order valence-electron chi connectivity index (χ1n) is 10.1. The molecule has 0 nitrogen and oxygen atoms in total. The monoisotopic (exact) mass is 356 g/mol. The molecule has 0 N–H and O–H groups in total. The molecule has 0 fully saturated rings. The molecule has 0 saturated carbocycles. The highest BCUT2D eigenvalue weighted by Gasteiger charge is 2.25. The smallest absolute Gasteiger partial charge is 0.0156 e. The van der Waals surface area contributed by atoms with E-state index >= 15 is 0 Å². The third-order valence-electron chi connectivity index (χ3n) is 5.86. The largest absolute Gasteiger partial charge is 0.110 e. The van der Waals surface area contributed by atoms with Crippen LogP contribution in [0, 0.1) is 11.8 Å². The van der Waals surface area contributed by atoms with Gasteiger partial charge in [0.05, 0.1) is 0 Å². The van der Waals surface area contributed by atoms with E-state index in [1.165, 1.54) is 66.1 Å². The summed E-state index contributed by atoms with van der Waals surface area (Å²) in [7, 11) is 2.91. The minimum absolute atomic E-state index is 0.621. The van der Waals surface area contributed by atoms with Crippen molar-refractivity contribution in [2.45, 2.75) is 79.6 Å². The average molecular weight is 357 g/mol. The van der Waals surface area contributed by atoms with Crippen LogP contribution < -0.4 is 0 Å². The summed E-state index contributed by atoms with van der Waals surface area (Å²) in [6.45, 7) is 15.8. The van der Waals surface area contributed by atoms with E-state index in [4.69, 9.17) is 0 Å². The van der Waals surface area contributed by atoms with Gasteiger partial charge >= 0.3 is 0 Å². The Bertz CT molecular complexity index is 635. The highest BCUT2D eigenvalue weighted by Crippen LogP contribution is 2.41. The van der Waals surface area contributed by atoms with Crippen LogP contribution in [0.1, 0.15) is 79.6 Å². The summed E-state index contributed by atoms with van der Waals surface area (Å²) in [5, 5.41) is 1.36. The molecule has 0 spiro atoms. The molecule has 1 heteroatoms.